The van der Waals surface area contributed by atoms with E-state index in [4.69, 9.17) is 16.6 Å². The van der Waals surface area contributed by atoms with Gasteiger partial charge in [-0.2, -0.15) is 0 Å². The molecule has 1 aliphatic heterocycles. The van der Waals surface area contributed by atoms with Gasteiger partial charge in [-0.1, -0.05) is 87.2 Å². The van der Waals surface area contributed by atoms with Crippen LogP contribution in [0.5, 0.6) is 5.75 Å². The minimum atomic E-state index is -1.86. The number of carbonyl (C=O) groups excluding carboxylic acids is 1. The molecule has 1 amide bonds. The molecule has 0 bridgehead atoms. The van der Waals surface area contributed by atoms with Crippen LogP contribution in [0.3, 0.4) is 0 Å². The lowest BCUT2D eigenvalue weighted by Crippen LogP contribution is -2.43. The van der Waals surface area contributed by atoms with Crippen LogP contribution in [0.2, 0.25) is 18.1 Å². The average molecular weight is 516 g/mol. The molecule has 0 unspecified atom stereocenters. The third-order valence-corrected chi connectivity index (χ3v) is 12.7. The highest BCUT2D eigenvalue weighted by Crippen LogP contribution is 2.37. The minimum Gasteiger partial charge on any atom is -0.544 e. The molecule has 1 heterocycles. The van der Waals surface area contributed by atoms with Crippen LogP contribution in [-0.4, -0.2) is 46.5 Å². The lowest BCUT2D eigenvalue weighted by molar-refractivity contribution is -0.130. The highest BCUT2D eigenvalue weighted by molar-refractivity contribution is 8.23. The molecule has 0 aromatic heterocycles. The van der Waals surface area contributed by atoms with Crippen molar-refractivity contribution in [2.75, 3.05) is 5.75 Å². The minimum absolute atomic E-state index is 0.0491. The number of rotatable bonds is 9. The zero-order chi connectivity index (χ0) is 24.9. The van der Waals surface area contributed by atoms with Gasteiger partial charge < -0.3 is 9.53 Å². The Morgan fingerprint density at radius 2 is 1.79 bits per heavy atom. The molecule has 0 spiro atoms. The molecule has 1 aliphatic rings. The van der Waals surface area contributed by atoms with E-state index in [1.165, 1.54) is 5.56 Å². The standard InChI is InChI=1S/C27H37NO3S2Si/c1-27(2,3)34(4,5)31-24-15-12-20(13-16-24)11-14-23(29)18-25(30)28-22(19-33-26(28)32)17-21-9-7-6-8-10-21/h6-10,12-13,15-16,22-23,29H,11,14,17-19H2,1-5H3/t22-,23+/m0/s1. The Labute approximate surface area is 215 Å². The topological polar surface area (TPSA) is 49.8 Å². The van der Waals surface area contributed by atoms with Crippen LogP contribution in [0.4, 0.5) is 0 Å². The maximum absolute atomic E-state index is 13.0. The summed E-state index contributed by atoms with van der Waals surface area (Å²) in [7, 11) is -1.86. The maximum Gasteiger partial charge on any atom is 0.250 e. The lowest BCUT2D eigenvalue weighted by Gasteiger charge is -2.36. The smallest absolute Gasteiger partial charge is 0.250 e. The van der Waals surface area contributed by atoms with Crippen molar-refractivity contribution in [3.63, 3.8) is 0 Å². The van der Waals surface area contributed by atoms with E-state index in [1.54, 1.807) is 16.7 Å². The largest absolute Gasteiger partial charge is 0.544 e. The van der Waals surface area contributed by atoms with Gasteiger partial charge in [-0.25, -0.2) is 0 Å². The van der Waals surface area contributed by atoms with Crippen molar-refractivity contribution in [1.82, 2.24) is 4.90 Å². The van der Waals surface area contributed by atoms with Crippen LogP contribution in [0.25, 0.3) is 0 Å². The van der Waals surface area contributed by atoms with Gasteiger partial charge >= 0.3 is 0 Å². The molecule has 184 valence electrons. The summed E-state index contributed by atoms with van der Waals surface area (Å²) in [5.41, 5.74) is 2.32. The van der Waals surface area contributed by atoms with Gasteiger partial charge in [0.2, 0.25) is 14.2 Å². The molecule has 4 nitrogen and oxygen atoms in total. The van der Waals surface area contributed by atoms with Crippen molar-refractivity contribution >= 4 is 42.5 Å². The fourth-order valence-electron chi connectivity index (χ4n) is 3.71. The number of hydrogen-bond acceptors (Lipinski definition) is 5. The number of aliphatic hydroxyl groups is 1. The van der Waals surface area contributed by atoms with Crippen molar-refractivity contribution in [3.8, 4) is 5.75 Å². The van der Waals surface area contributed by atoms with E-state index in [2.05, 4.69) is 58.1 Å². The quantitative estimate of drug-likeness (QED) is 0.317. The molecular formula is C27H37NO3S2Si. The van der Waals surface area contributed by atoms with Gasteiger partial charge in [-0.05, 0) is 60.7 Å². The molecule has 34 heavy (non-hydrogen) atoms. The second-order valence-corrected chi connectivity index (χ2v) is 17.0. The fourth-order valence-corrected chi connectivity index (χ4v) is 6.19. The van der Waals surface area contributed by atoms with Gasteiger partial charge in [0.25, 0.3) is 0 Å². The molecule has 2 atom stereocenters. The van der Waals surface area contributed by atoms with Crippen molar-refractivity contribution in [3.05, 3.63) is 65.7 Å². The van der Waals surface area contributed by atoms with Crippen molar-refractivity contribution in [2.45, 2.75) is 76.7 Å². The first-order valence-electron chi connectivity index (χ1n) is 11.9. The Morgan fingerprint density at radius 3 is 2.41 bits per heavy atom. The Bertz CT molecular complexity index is 974. The second kappa shape index (κ2) is 11.4. The number of carbonyl (C=O) groups is 1. The van der Waals surface area contributed by atoms with Crippen LogP contribution in [-0.2, 0) is 17.6 Å². The molecule has 0 saturated carbocycles. The Hall–Kier alpha value is -1.67. The van der Waals surface area contributed by atoms with E-state index in [0.717, 1.165) is 23.5 Å². The number of amides is 1. The fraction of sp³-hybridized carbons (Fsp3) is 0.481. The number of aliphatic hydroxyl groups excluding tert-OH is 1. The predicted molar refractivity (Wildman–Crippen MR) is 149 cm³/mol. The summed E-state index contributed by atoms with van der Waals surface area (Å²) in [6.07, 6.45) is 1.42. The summed E-state index contributed by atoms with van der Waals surface area (Å²) in [5, 5.41) is 10.7. The first-order chi connectivity index (χ1) is 16.0. The van der Waals surface area contributed by atoms with Crippen LogP contribution in [0.15, 0.2) is 54.6 Å². The first kappa shape index (κ1) is 26.9. The highest BCUT2D eigenvalue weighted by atomic mass is 32.2. The van der Waals surface area contributed by atoms with Gasteiger partial charge in [0.05, 0.1) is 18.6 Å². The number of thioether (sulfide) groups is 1. The number of thiocarbonyl (C=S) groups is 1. The van der Waals surface area contributed by atoms with Crippen LogP contribution in [0.1, 0.15) is 44.7 Å². The first-order valence-corrected chi connectivity index (χ1v) is 16.3. The molecule has 2 aromatic rings. The molecule has 1 N–H and O–H groups in total. The molecule has 0 radical (unpaired) electrons. The monoisotopic (exact) mass is 515 g/mol. The molecule has 2 aromatic carbocycles. The van der Waals surface area contributed by atoms with Crippen molar-refractivity contribution < 1.29 is 14.3 Å². The zero-order valence-electron chi connectivity index (χ0n) is 20.9. The summed E-state index contributed by atoms with van der Waals surface area (Å²) < 4.78 is 6.97. The third-order valence-electron chi connectivity index (χ3n) is 6.82. The Balaban J connectivity index is 1.50. The predicted octanol–water partition coefficient (Wildman–Crippen LogP) is 6.23. The van der Waals surface area contributed by atoms with Crippen molar-refractivity contribution in [2.24, 2.45) is 0 Å². The maximum atomic E-state index is 13.0. The summed E-state index contributed by atoms with van der Waals surface area (Å²) in [4.78, 5) is 14.7. The van der Waals surface area contributed by atoms with E-state index < -0.39 is 14.4 Å². The second-order valence-electron chi connectivity index (χ2n) is 10.6. The average Bonchev–Trinajstić information content (AvgIpc) is 3.13. The summed E-state index contributed by atoms with van der Waals surface area (Å²) in [5.74, 6) is 1.62. The summed E-state index contributed by atoms with van der Waals surface area (Å²) in [6, 6.07) is 18.4. The third kappa shape index (κ3) is 7.17. The number of nitrogens with zero attached hydrogens (tertiary/aromatic N) is 1. The zero-order valence-corrected chi connectivity index (χ0v) is 23.5. The van der Waals surface area contributed by atoms with Crippen molar-refractivity contribution in [1.29, 1.82) is 0 Å². The number of hydrogen-bond donors (Lipinski definition) is 1. The SMILES string of the molecule is CC(C)(C)[Si](C)(C)Oc1ccc(CC[C@@H](O)CC(=O)N2C(=S)SC[C@@H]2Cc2ccccc2)cc1. The van der Waals surface area contributed by atoms with Gasteiger partial charge in [0, 0.05) is 5.75 Å². The Kier molecular flexibility index (Phi) is 9.01. The molecule has 0 aliphatic carbocycles. The van der Waals surface area contributed by atoms with E-state index in [0.29, 0.717) is 17.2 Å². The highest BCUT2D eigenvalue weighted by Gasteiger charge is 2.39. The van der Waals surface area contributed by atoms with Gasteiger partial charge in [0.15, 0.2) is 0 Å². The number of benzene rings is 2. The van der Waals surface area contributed by atoms with E-state index in [1.807, 2.05) is 30.3 Å². The van der Waals surface area contributed by atoms with E-state index in [9.17, 15) is 9.90 Å². The normalized spacial score (nSPS) is 17.6. The molecule has 3 rings (SSSR count). The van der Waals surface area contributed by atoms with E-state index >= 15 is 0 Å². The molecular weight excluding hydrogens is 479 g/mol. The molecule has 1 saturated heterocycles. The van der Waals surface area contributed by atoms with Gasteiger partial charge in [-0.15, -0.1) is 0 Å². The number of aryl methyl sites for hydroxylation is 1. The van der Waals surface area contributed by atoms with Crippen LogP contribution >= 0.6 is 24.0 Å². The van der Waals surface area contributed by atoms with Crippen LogP contribution in [0, 0.1) is 0 Å². The lowest BCUT2D eigenvalue weighted by atomic mass is 10.0. The van der Waals surface area contributed by atoms with Crippen LogP contribution < -0.4 is 4.43 Å². The summed E-state index contributed by atoms with van der Waals surface area (Å²) in [6.45, 7) is 11.2. The van der Waals surface area contributed by atoms with E-state index in [-0.39, 0.29) is 23.4 Å². The molecule has 7 heteroatoms. The Morgan fingerprint density at radius 1 is 1.15 bits per heavy atom. The van der Waals surface area contributed by atoms with Gasteiger partial charge in [0.1, 0.15) is 10.1 Å². The summed E-state index contributed by atoms with van der Waals surface area (Å²) >= 11 is 7.00. The molecule has 1 fully saturated rings. The van der Waals surface area contributed by atoms with Gasteiger partial charge in [-0.3, -0.25) is 9.69 Å².